The maximum atomic E-state index is 12.7. The lowest BCUT2D eigenvalue weighted by Crippen LogP contribution is -2.33. The first kappa shape index (κ1) is 15.7. The molecule has 0 aliphatic rings. The van der Waals surface area contributed by atoms with Gasteiger partial charge in [0.05, 0.1) is 7.11 Å². The van der Waals surface area contributed by atoms with E-state index in [4.69, 9.17) is 4.74 Å². The van der Waals surface area contributed by atoms with Crippen molar-refractivity contribution in [2.45, 2.75) is 12.6 Å². The fourth-order valence-electron chi connectivity index (χ4n) is 2.47. The number of hydrogen-bond donors (Lipinski definition) is 1. The summed E-state index contributed by atoms with van der Waals surface area (Å²) < 4.78 is 6.74. The van der Waals surface area contributed by atoms with Crippen LogP contribution >= 0.6 is 0 Å². The zero-order valence-electron chi connectivity index (χ0n) is 13.2. The van der Waals surface area contributed by atoms with Crippen molar-refractivity contribution in [3.63, 3.8) is 0 Å². The van der Waals surface area contributed by atoms with Crippen LogP contribution in [0, 0.1) is 0 Å². The van der Waals surface area contributed by atoms with Crippen molar-refractivity contribution in [2.75, 3.05) is 7.11 Å². The molecule has 122 valence electrons. The number of carbonyl (C=O) groups excluding carboxylic acids is 1. The topological polar surface area (TPSA) is 81.9 Å². The molecule has 0 saturated heterocycles. The second kappa shape index (κ2) is 7.36. The summed E-state index contributed by atoms with van der Waals surface area (Å²) in [5.41, 5.74) is 1.71. The van der Waals surface area contributed by atoms with Crippen LogP contribution in [0.15, 0.2) is 60.9 Å². The molecule has 3 rings (SSSR count). The molecule has 0 saturated carbocycles. The molecule has 1 atom stereocenters. The van der Waals surface area contributed by atoms with Crippen LogP contribution in [0.25, 0.3) is 0 Å². The average molecular weight is 323 g/mol. The van der Waals surface area contributed by atoms with Gasteiger partial charge in [0.15, 0.2) is 6.04 Å². The fraction of sp³-hybridized carbons (Fsp3) is 0.176. The zero-order valence-corrected chi connectivity index (χ0v) is 13.2. The molecule has 7 nitrogen and oxygen atoms in total. The van der Waals surface area contributed by atoms with E-state index >= 15 is 0 Å². The molecule has 2 aromatic carbocycles. The monoisotopic (exact) mass is 323 g/mol. The Balaban J connectivity index is 1.80. The van der Waals surface area contributed by atoms with Gasteiger partial charge in [0, 0.05) is 12.1 Å². The Morgan fingerprint density at radius 1 is 1.17 bits per heavy atom. The second-order valence-electron chi connectivity index (χ2n) is 5.13. The Kier molecular flexibility index (Phi) is 4.81. The lowest BCUT2D eigenvalue weighted by molar-refractivity contribution is -0.123. The van der Waals surface area contributed by atoms with Crippen molar-refractivity contribution in [3.05, 3.63) is 72.1 Å². The van der Waals surface area contributed by atoms with E-state index in [0.29, 0.717) is 6.54 Å². The van der Waals surface area contributed by atoms with Gasteiger partial charge in [-0.25, -0.2) is 4.68 Å². The van der Waals surface area contributed by atoms with Crippen LogP contribution < -0.4 is 10.1 Å². The number of carbonyl (C=O) groups is 1. The Bertz CT molecular complexity index is 790. The second-order valence-corrected chi connectivity index (χ2v) is 5.13. The third-order valence-corrected chi connectivity index (χ3v) is 3.64. The summed E-state index contributed by atoms with van der Waals surface area (Å²) in [4.78, 5) is 12.7. The third kappa shape index (κ3) is 3.40. The van der Waals surface area contributed by atoms with Gasteiger partial charge in [0.2, 0.25) is 5.91 Å². The molecular formula is C17H17N5O2. The number of hydrogen-bond acceptors (Lipinski definition) is 5. The Morgan fingerprint density at radius 2 is 1.92 bits per heavy atom. The van der Waals surface area contributed by atoms with Gasteiger partial charge in [-0.2, -0.15) is 0 Å². The minimum Gasteiger partial charge on any atom is -0.496 e. The standard InChI is InChI=1S/C17H17N5O2/c1-24-15-10-6-5-9-14(15)11-18-17(23)16(22-12-19-20-21-22)13-7-3-2-4-8-13/h2-10,12,16H,11H2,1H3,(H,18,23)/t16-/m1/s1. The molecule has 3 aromatic rings. The van der Waals surface area contributed by atoms with E-state index in [-0.39, 0.29) is 5.91 Å². The molecular weight excluding hydrogens is 306 g/mol. The van der Waals surface area contributed by atoms with E-state index in [1.165, 1.54) is 11.0 Å². The molecule has 0 spiro atoms. The SMILES string of the molecule is COc1ccccc1CNC(=O)[C@@H](c1ccccc1)n1cnnn1. The van der Waals surface area contributed by atoms with E-state index in [2.05, 4.69) is 20.8 Å². The number of tetrazole rings is 1. The van der Waals surface area contributed by atoms with Crippen LogP contribution in [-0.4, -0.2) is 33.2 Å². The van der Waals surface area contributed by atoms with Crippen LogP contribution in [0.4, 0.5) is 0 Å². The van der Waals surface area contributed by atoms with Gasteiger partial charge >= 0.3 is 0 Å². The van der Waals surface area contributed by atoms with Crippen LogP contribution in [-0.2, 0) is 11.3 Å². The van der Waals surface area contributed by atoms with Gasteiger partial charge in [-0.15, -0.1) is 5.10 Å². The molecule has 7 heteroatoms. The number of benzene rings is 2. The lowest BCUT2D eigenvalue weighted by Gasteiger charge is -2.17. The number of rotatable bonds is 6. The van der Waals surface area contributed by atoms with Gasteiger partial charge in [-0.05, 0) is 22.1 Å². The highest BCUT2D eigenvalue weighted by atomic mass is 16.5. The molecule has 1 amide bonds. The summed E-state index contributed by atoms with van der Waals surface area (Å²) in [5, 5.41) is 14.1. The molecule has 1 aromatic heterocycles. The molecule has 24 heavy (non-hydrogen) atoms. The zero-order chi connectivity index (χ0) is 16.8. The van der Waals surface area contributed by atoms with E-state index in [1.54, 1.807) is 7.11 Å². The van der Waals surface area contributed by atoms with Gasteiger partial charge in [-0.3, -0.25) is 4.79 Å². The summed E-state index contributed by atoms with van der Waals surface area (Å²) in [6.07, 6.45) is 1.43. The summed E-state index contributed by atoms with van der Waals surface area (Å²) in [6.45, 7) is 0.355. The van der Waals surface area contributed by atoms with Gasteiger partial charge < -0.3 is 10.1 Å². The van der Waals surface area contributed by atoms with Crippen LogP contribution in [0.2, 0.25) is 0 Å². The Labute approximate surface area is 139 Å². The largest absolute Gasteiger partial charge is 0.496 e. The molecule has 0 unspecified atom stereocenters. The minimum atomic E-state index is -0.629. The van der Waals surface area contributed by atoms with Crippen molar-refractivity contribution in [1.29, 1.82) is 0 Å². The number of nitrogens with zero attached hydrogens (tertiary/aromatic N) is 4. The highest BCUT2D eigenvalue weighted by molar-refractivity contribution is 5.83. The molecule has 0 bridgehead atoms. The smallest absolute Gasteiger partial charge is 0.249 e. The van der Waals surface area contributed by atoms with Crippen molar-refractivity contribution < 1.29 is 9.53 Å². The number of ether oxygens (including phenoxy) is 1. The van der Waals surface area contributed by atoms with Crippen LogP contribution in [0.1, 0.15) is 17.2 Å². The summed E-state index contributed by atoms with van der Waals surface area (Å²) in [6, 6.07) is 16.3. The highest BCUT2D eigenvalue weighted by Gasteiger charge is 2.23. The predicted molar refractivity (Wildman–Crippen MR) is 87.2 cm³/mol. The van der Waals surface area contributed by atoms with Gasteiger partial charge in [0.25, 0.3) is 0 Å². The Morgan fingerprint density at radius 3 is 2.62 bits per heavy atom. The highest BCUT2D eigenvalue weighted by Crippen LogP contribution is 2.19. The van der Waals surface area contributed by atoms with Crippen molar-refractivity contribution in [3.8, 4) is 5.75 Å². The minimum absolute atomic E-state index is 0.195. The van der Waals surface area contributed by atoms with Crippen molar-refractivity contribution in [2.24, 2.45) is 0 Å². The first-order valence-corrected chi connectivity index (χ1v) is 7.46. The summed E-state index contributed by atoms with van der Waals surface area (Å²) in [7, 11) is 1.61. The summed E-state index contributed by atoms with van der Waals surface area (Å²) >= 11 is 0. The summed E-state index contributed by atoms with van der Waals surface area (Å²) in [5.74, 6) is 0.538. The quantitative estimate of drug-likeness (QED) is 0.745. The maximum absolute atomic E-state index is 12.7. The average Bonchev–Trinajstić information content (AvgIpc) is 3.15. The molecule has 0 aliphatic carbocycles. The van der Waals surface area contributed by atoms with E-state index in [1.807, 2.05) is 54.6 Å². The van der Waals surface area contributed by atoms with Crippen LogP contribution in [0.3, 0.4) is 0 Å². The first-order chi connectivity index (χ1) is 11.8. The van der Waals surface area contributed by atoms with Gasteiger partial charge in [0.1, 0.15) is 12.1 Å². The van der Waals surface area contributed by atoms with Gasteiger partial charge in [-0.1, -0.05) is 48.5 Å². The molecule has 1 N–H and O–H groups in total. The molecule has 0 fully saturated rings. The van der Waals surface area contributed by atoms with Crippen molar-refractivity contribution >= 4 is 5.91 Å². The number of nitrogens with one attached hydrogen (secondary N) is 1. The van der Waals surface area contributed by atoms with Crippen LogP contribution in [0.5, 0.6) is 5.75 Å². The first-order valence-electron chi connectivity index (χ1n) is 7.46. The predicted octanol–water partition coefficient (Wildman–Crippen LogP) is 1.59. The molecule has 1 heterocycles. The van der Waals surface area contributed by atoms with Crippen molar-refractivity contribution in [1.82, 2.24) is 25.5 Å². The molecule has 0 aliphatic heterocycles. The van der Waals surface area contributed by atoms with E-state index in [0.717, 1.165) is 16.9 Å². The number of para-hydroxylation sites is 1. The third-order valence-electron chi connectivity index (χ3n) is 3.64. The fourth-order valence-corrected chi connectivity index (χ4v) is 2.47. The van der Waals surface area contributed by atoms with E-state index < -0.39 is 6.04 Å². The Hall–Kier alpha value is -3.22. The maximum Gasteiger partial charge on any atom is 0.249 e. The number of aromatic nitrogens is 4. The lowest BCUT2D eigenvalue weighted by atomic mass is 10.1. The number of methoxy groups -OCH3 is 1. The normalized spacial score (nSPS) is 11.7. The number of amides is 1. The molecule has 0 radical (unpaired) electrons. The van der Waals surface area contributed by atoms with E-state index in [9.17, 15) is 4.79 Å².